The maximum absolute atomic E-state index is 12.5. The Balaban J connectivity index is 2.38. The first-order valence-corrected chi connectivity index (χ1v) is 5.79. The van der Waals surface area contributed by atoms with E-state index in [1.807, 2.05) is 0 Å². The molecule has 0 fully saturated rings. The molecule has 1 aliphatic rings. The van der Waals surface area contributed by atoms with E-state index in [1.54, 1.807) is 6.07 Å². The molecular formula is C11H8F3IO2. The summed E-state index contributed by atoms with van der Waals surface area (Å²) in [7, 11) is 1.46. The van der Waals surface area contributed by atoms with E-state index in [2.05, 4.69) is 22.6 Å². The summed E-state index contributed by atoms with van der Waals surface area (Å²) < 4.78 is 48.2. The van der Waals surface area contributed by atoms with E-state index in [0.717, 1.165) is 9.65 Å². The van der Waals surface area contributed by atoms with Gasteiger partial charge in [0.15, 0.2) is 0 Å². The van der Waals surface area contributed by atoms with Gasteiger partial charge in [0.2, 0.25) is 6.10 Å². The fourth-order valence-electron chi connectivity index (χ4n) is 1.48. The Bertz CT molecular complexity index is 469. The number of alkyl halides is 3. The van der Waals surface area contributed by atoms with E-state index in [1.165, 1.54) is 19.3 Å². The second-order valence-electron chi connectivity index (χ2n) is 3.46. The Morgan fingerprint density at radius 1 is 1.35 bits per heavy atom. The van der Waals surface area contributed by atoms with Crippen LogP contribution in [0.25, 0.3) is 6.08 Å². The summed E-state index contributed by atoms with van der Waals surface area (Å²) >= 11 is 2.05. The van der Waals surface area contributed by atoms with E-state index in [9.17, 15) is 13.2 Å². The standard InChI is InChI=1S/C11H8F3IO2/c1-16-9-5-8-6(4-7(9)15)2-3-10(17-8)11(12,13)14/h2-5,10H,1H3. The van der Waals surface area contributed by atoms with Crippen LogP contribution >= 0.6 is 22.6 Å². The van der Waals surface area contributed by atoms with Gasteiger partial charge >= 0.3 is 6.18 Å². The lowest BCUT2D eigenvalue weighted by Gasteiger charge is -2.24. The van der Waals surface area contributed by atoms with Crippen LogP contribution in [0.15, 0.2) is 18.2 Å². The molecular weight excluding hydrogens is 348 g/mol. The minimum absolute atomic E-state index is 0.187. The molecule has 1 aromatic carbocycles. The van der Waals surface area contributed by atoms with Crippen molar-refractivity contribution >= 4 is 28.7 Å². The Morgan fingerprint density at radius 2 is 2.06 bits per heavy atom. The molecule has 0 amide bonds. The molecule has 0 aromatic heterocycles. The summed E-state index contributed by atoms with van der Waals surface area (Å²) in [5, 5.41) is 0. The van der Waals surface area contributed by atoms with Gasteiger partial charge in [-0.05, 0) is 34.7 Å². The highest BCUT2D eigenvalue weighted by atomic mass is 127. The Hall–Kier alpha value is -0.920. The van der Waals surface area contributed by atoms with Crippen molar-refractivity contribution in [1.29, 1.82) is 0 Å². The third-order valence-electron chi connectivity index (χ3n) is 2.31. The molecule has 1 aromatic rings. The molecule has 0 spiro atoms. The van der Waals surface area contributed by atoms with Crippen LogP contribution in [0.4, 0.5) is 13.2 Å². The van der Waals surface area contributed by atoms with E-state index in [4.69, 9.17) is 9.47 Å². The lowest BCUT2D eigenvalue weighted by molar-refractivity contribution is -0.180. The molecule has 0 saturated carbocycles. The van der Waals surface area contributed by atoms with E-state index >= 15 is 0 Å². The topological polar surface area (TPSA) is 18.5 Å². The Labute approximate surface area is 110 Å². The van der Waals surface area contributed by atoms with Crippen LogP contribution < -0.4 is 9.47 Å². The van der Waals surface area contributed by atoms with Gasteiger partial charge in [-0.15, -0.1) is 0 Å². The van der Waals surface area contributed by atoms with Gasteiger partial charge in [0.1, 0.15) is 11.5 Å². The summed E-state index contributed by atoms with van der Waals surface area (Å²) in [5.74, 6) is 0.688. The molecule has 0 bridgehead atoms. The summed E-state index contributed by atoms with van der Waals surface area (Å²) in [6.07, 6.45) is -3.87. The normalized spacial score (nSPS) is 18.5. The maximum Gasteiger partial charge on any atom is 0.429 e. The third kappa shape index (κ3) is 2.51. The smallest absolute Gasteiger partial charge is 0.429 e. The monoisotopic (exact) mass is 356 g/mol. The SMILES string of the molecule is COc1cc2c(cc1I)C=CC(C(F)(F)F)O2. The molecule has 1 unspecified atom stereocenters. The van der Waals surface area contributed by atoms with Crippen molar-refractivity contribution in [2.24, 2.45) is 0 Å². The number of hydrogen-bond acceptors (Lipinski definition) is 2. The van der Waals surface area contributed by atoms with Crippen molar-refractivity contribution in [3.63, 3.8) is 0 Å². The molecule has 1 heterocycles. The fourth-order valence-corrected chi connectivity index (χ4v) is 2.19. The molecule has 1 atom stereocenters. The van der Waals surface area contributed by atoms with Crippen LogP contribution in [0.2, 0.25) is 0 Å². The zero-order chi connectivity index (χ0) is 12.6. The van der Waals surface area contributed by atoms with E-state index in [-0.39, 0.29) is 5.75 Å². The predicted molar refractivity (Wildman–Crippen MR) is 65.2 cm³/mol. The van der Waals surface area contributed by atoms with E-state index in [0.29, 0.717) is 11.3 Å². The number of methoxy groups -OCH3 is 1. The molecule has 6 heteroatoms. The van der Waals surface area contributed by atoms with Gasteiger partial charge in [-0.2, -0.15) is 13.2 Å². The molecule has 1 aliphatic heterocycles. The zero-order valence-corrected chi connectivity index (χ0v) is 10.9. The minimum Gasteiger partial charge on any atom is -0.496 e. The van der Waals surface area contributed by atoms with Crippen LogP contribution in [0, 0.1) is 3.57 Å². The molecule has 0 radical (unpaired) electrons. The summed E-state index contributed by atoms with van der Waals surface area (Å²) in [5.41, 5.74) is 0.621. The van der Waals surface area contributed by atoms with Gasteiger partial charge in [-0.3, -0.25) is 0 Å². The van der Waals surface area contributed by atoms with Crippen LogP contribution in [0.3, 0.4) is 0 Å². The largest absolute Gasteiger partial charge is 0.496 e. The highest BCUT2D eigenvalue weighted by molar-refractivity contribution is 14.1. The molecule has 2 rings (SSSR count). The maximum atomic E-state index is 12.5. The molecule has 0 N–H and O–H groups in total. The highest BCUT2D eigenvalue weighted by Crippen LogP contribution is 2.37. The van der Waals surface area contributed by atoms with Crippen molar-refractivity contribution < 1.29 is 22.6 Å². The Kier molecular flexibility index (Phi) is 3.24. The summed E-state index contributed by atoms with van der Waals surface area (Å²) in [6.45, 7) is 0. The van der Waals surface area contributed by atoms with Gasteiger partial charge in [0.05, 0.1) is 10.7 Å². The molecule has 0 aliphatic carbocycles. The quantitative estimate of drug-likeness (QED) is 0.716. The van der Waals surface area contributed by atoms with Gasteiger partial charge in [-0.25, -0.2) is 0 Å². The average Bonchev–Trinajstić information content (AvgIpc) is 2.26. The third-order valence-corrected chi connectivity index (χ3v) is 3.15. The first-order chi connectivity index (χ1) is 7.91. The number of ether oxygens (including phenoxy) is 2. The average molecular weight is 356 g/mol. The van der Waals surface area contributed by atoms with Crippen molar-refractivity contribution in [2.45, 2.75) is 12.3 Å². The minimum atomic E-state index is -4.40. The van der Waals surface area contributed by atoms with Crippen LogP contribution in [-0.4, -0.2) is 19.4 Å². The fraction of sp³-hybridized carbons (Fsp3) is 0.273. The highest BCUT2D eigenvalue weighted by Gasteiger charge is 2.41. The first-order valence-electron chi connectivity index (χ1n) is 4.71. The molecule has 0 saturated heterocycles. The first kappa shape index (κ1) is 12.5. The number of benzene rings is 1. The second kappa shape index (κ2) is 4.40. The molecule has 17 heavy (non-hydrogen) atoms. The van der Waals surface area contributed by atoms with E-state index < -0.39 is 12.3 Å². The van der Waals surface area contributed by atoms with Crippen LogP contribution in [0.5, 0.6) is 11.5 Å². The lowest BCUT2D eigenvalue weighted by Crippen LogP contribution is -2.33. The van der Waals surface area contributed by atoms with Crippen molar-refractivity contribution in [3.8, 4) is 11.5 Å². The molecule has 2 nitrogen and oxygen atoms in total. The number of rotatable bonds is 1. The predicted octanol–water partition coefficient (Wildman–Crippen LogP) is 3.64. The van der Waals surface area contributed by atoms with Gasteiger partial charge in [-0.1, -0.05) is 6.08 Å². The number of fused-ring (bicyclic) bond motifs is 1. The van der Waals surface area contributed by atoms with Crippen LogP contribution in [0.1, 0.15) is 5.56 Å². The van der Waals surface area contributed by atoms with Crippen molar-refractivity contribution in [1.82, 2.24) is 0 Å². The van der Waals surface area contributed by atoms with Gasteiger partial charge < -0.3 is 9.47 Å². The zero-order valence-electron chi connectivity index (χ0n) is 8.72. The summed E-state index contributed by atoms with van der Waals surface area (Å²) in [6, 6.07) is 3.19. The lowest BCUT2D eigenvalue weighted by atomic mass is 10.1. The Morgan fingerprint density at radius 3 is 2.65 bits per heavy atom. The van der Waals surface area contributed by atoms with Crippen LogP contribution in [-0.2, 0) is 0 Å². The molecule has 92 valence electrons. The van der Waals surface area contributed by atoms with Gasteiger partial charge in [0, 0.05) is 11.6 Å². The van der Waals surface area contributed by atoms with Gasteiger partial charge in [0.25, 0.3) is 0 Å². The number of hydrogen-bond donors (Lipinski definition) is 0. The number of halogens is 4. The van der Waals surface area contributed by atoms with Crippen molar-refractivity contribution in [3.05, 3.63) is 27.3 Å². The second-order valence-corrected chi connectivity index (χ2v) is 4.63. The van der Waals surface area contributed by atoms with Crippen molar-refractivity contribution in [2.75, 3.05) is 7.11 Å². The summed E-state index contributed by atoms with van der Waals surface area (Å²) in [4.78, 5) is 0.